The van der Waals surface area contributed by atoms with Crippen molar-refractivity contribution < 1.29 is 4.74 Å². The van der Waals surface area contributed by atoms with Crippen LogP contribution in [0.4, 0.5) is 5.69 Å². The Hall–Kier alpha value is -1.61. The number of aryl methyl sites for hydroxylation is 1. The second kappa shape index (κ2) is 6.44. The first-order valence-corrected chi connectivity index (χ1v) is 8.63. The van der Waals surface area contributed by atoms with Gasteiger partial charge in [-0.1, -0.05) is 24.3 Å². The van der Waals surface area contributed by atoms with Crippen LogP contribution in [0.2, 0.25) is 0 Å². The molecule has 0 saturated carbocycles. The fourth-order valence-corrected chi connectivity index (χ4v) is 3.29. The lowest BCUT2D eigenvalue weighted by molar-refractivity contribution is 0.314. The Labute approximate surface area is 130 Å². The molecule has 1 N–H and O–H groups in total. The molecule has 2 nitrogen and oxygen atoms in total. The minimum absolute atomic E-state index is 0.319. The maximum Gasteiger partial charge on any atom is 0.127 e. The topological polar surface area (TPSA) is 21.3 Å². The van der Waals surface area contributed by atoms with Crippen LogP contribution in [0.25, 0.3) is 0 Å². The molecule has 0 saturated heterocycles. The van der Waals surface area contributed by atoms with E-state index in [2.05, 4.69) is 61.0 Å². The molecule has 0 radical (unpaired) electrons. The molecule has 1 aliphatic rings. The lowest BCUT2D eigenvalue weighted by atomic mass is 9.99. The summed E-state index contributed by atoms with van der Waals surface area (Å²) < 4.78 is 5.95. The van der Waals surface area contributed by atoms with Crippen LogP contribution < -0.4 is 10.1 Å². The molecule has 1 aliphatic heterocycles. The van der Waals surface area contributed by atoms with Crippen LogP contribution in [-0.4, -0.2) is 12.9 Å². The summed E-state index contributed by atoms with van der Waals surface area (Å²) in [6, 6.07) is 15.4. The Balaban J connectivity index is 1.90. The van der Waals surface area contributed by atoms with Gasteiger partial charge in [0, 0.05) is 16.1 Å². The molecule has 1 atom stereocenters. The summed E-state index contributed by atoms with van der Waals surface area (Å²) in [6.45, 7) is 2.93. The molecule has 1 unspecified atom stereocenters. The summed E-state index contributed by atoms with van der Waals surface area (Å²) in [5.41, 5.74) is 3.68. The molecule has 21 heavy (non-hydrogen) atoms. The zero-order chi connectivity index (χ0) is 14.7. The van der Waals surface area contributed by atoms with Gasteiger partial charge >= 0.3 is 0 Å². The van der Waals surface area contributed by atoms with Crippen molar-refractivity contribution in [2.75, 3.05) is 18.2 Å². The molecule has 2 aromatic carbocycles. The molecular weight excluding hydrogens is 278 g/mol. The molecular formula is C18H21NOS. The average molecular weight is 299 g/mol. The van der Waals surface area contributed by atoms with Crippen molar-refractivity contribution in [3.05, 3.63) is 53.6 Å². The van der Waals surface area contributed by atoms with Crippen molar-refractivity contribution in [1.29, 1.82) is 0 Å². The lowest BCUT2D eigenvalue weighted by Crippen LogP contribution is -2.10. The molecule has 0 aliphatic carbocycles. The Bertz CT molecular complexity index is 626. The second-order valence-corrected chi connectivity index (χ2v) is 6.29. The smallest absolute Gasteiger partial charge is 0.127 e. The van der Waals surface area contributed by atoms with Gasteiger partial charge < -0.3 is 10.1 Å². The predicted octanol–water partition coefficient (Wildman–Crippen LogP) is 5.04. The number of hydrogen-bond donors (Lipinski definition) is 1. The third-order valence-corrected chi connectivity index (χ3v) is 4.64. The van der Waals surface area contributed by atoms with E-state index in [9.17, 15) is 0 Å². The fraction of sp³-hybridized carbons (Fsp3) is 0.333. The van der Waals surface area contributed by atoms with E-state index in [4.69, 9.17) is 4.74 Å². The third-order valence-electron chi connectivity index (χ3n) is 3.91. The largest absolute Gasteiger partial charge is 0.493 e. The number of benzene rings is 2. The van der Waals surface area contributed by atoms with Crippen LogP contribution in [-0.2, 0) is 0 Å². The molecule has 0 spiro atoms. The van der Waals surface area contributed by atoms with E-state index in [0.29, 0.717) is 6.04 Å². The number of rotatable bonds is 3. The van der Waals surface area contributed by atoms with Crippen molar-refractivity contribution in [2.45, 2.75) is 30.7 Å². The van der Waals surface area contributed by atoms with Crippen LogP contribution in [0.3, 0.4) is 0 Å². The fourth-order valence-electron chi connectivity index (χ4n) is 2.83. The highest BCUT2D eigenvalue weighted by molar-refractivity contribution is 7.98. The maximum atomic E-state index is 5.95. The highest BCUT2D eigenvalue weighted by Crippen LogP contribution is 2.36. The average Bonchev–Trinajstić information content (AvgIpc) is 2.71. The van der Waals surface area contributed by atoms with Gasteiger partial charge in [0.2, 0.25) is 0 Å². The summed E-state index contributed by atoms with van der Waals surface area (Å²) in [7, 11) is 0. The van der Waals surface area contributed by atoms with Crippen molar-refractivity contribution in [2.24, 2.45) is 0 Å². The van der Waals surface area contributed by atoms with Gasteiger partial charge in [0.25, 0.3) is 0 Å². The molecule has 3 heteroatoms. The number of nitrogens with one attached hydrogen (secondary N) is 1. The molecule has 0 bridgehead atoms. The first-order valence-electron chi connectivity index (χ1n) is 7.41. The molecule has 3 rings (SSSR count). The van der Waals surface area contributed by atoms with E-state index in [1.54, 1.807) is 11.8 Å². The lowest BCUT2D eigenvalue weighted by Gasteiger charge is -2.20. The van der Waals surface area contributed by atoms with Gasteiger partial charge in [-0.25, -0.2) is 0 Å². The molecule has 1 heterocycles. The van der Waals surface area contributed by atoms with E-state index in [-0.39, 0.29) is 0 Å². The third kappa shape index (κ3) is 3.18. The molecule has 2 aromatic rings. The summed E-state index contributed by atoms with van der Waals surface area (Å²) in [5, 5.41) is 3.69. The zero-order valence-electron chi connectivity index (χ0n) is 12.6. The van der Waals surface area contributed by atoms with Crippen LogP contribution in [0.1, 0.15) is 30.0 Å². The van der Waals surface area contributed by atoms with Gasteiger partial charge in [0.15, 0.2) is 0 Å². The molecule has 110 valence electrons. The van der Waals surface area contributed by atoms with Gasteiger partial charge in [-0.3, -0.25) is 0 Å². The van der Waals surface area contributed by atoms with E-state index in [0.717, 1.165) is 25.2 Å². The van der Waals surface area contributed by atoms with Crippen LogP contribution >= 0.6 is 11.8 Å². The number of ether oxygens (including phenoxy) is 1. The second-order valence-electron chi connectivity index (χ2n) is 5.41. The highest BCUT2D eigenvalue weighted by Gasteiger charge is 2.20. The van der Waals surface area contributed by atoms with Gasteiger partial charge in [0.1, 0.15) is 5.75 Å². The summed E-state index contributed by atoms with van der Waals surface area (Å²) in [6.07, 6.45) is 4.28. The van der Waals surface area contributed by atoms with Gasteiger partial charge in [0.05, 0.1) is 12.6 Å². The maximum absolute atomic E-state index is 5.95. The molecule has 0 aromatic heterocycles. The minimum atomic E-state index is 0.319. The first kappa shape index (κ1) is 14.3. The van der Waals surface area contributed by atoms with Crippen molar-refractivity contribution in [3.63, 3.8) is 0 Å². The Morgan fingerprint density at radius 2 is 2.05 bits per heavy atom. The first-order chi connectivity index (χ1) is 10.3. The number of hydrogen-bond acceptors (Lipinski definition) is 3. The van der Waals surface area contributed by atoms with E-state index >= 15 is 0 Å². The number of fused-ring (bicyclic) bond motifs is 1. The highest BCUT2D eigenvalue weighted by atomic mass is 32.2. The summed E-state index contributed by atoms with van der Waals surface area (Å²) in [4.78, 5) is 1.29. The molecule has 0 amide bonds. The van der Waals surface area contributed by atoms with Crippen molar-refractivity contribution in [3.8, 4) is 5.75 Å². The Morgan fingerprint density at radius 3 is 2.90 bits per heavy atom. The van der Waals surface area contributed by atoms with Crippen LogP contribution in [0.5, 0.6) is 5.75 Å². The number of thioether (sulfide) groups is 1. The molecule has 0 fully saturated rings. The van der Waals surface area contributed by atoms with Crippen molar-refractivity contribution in [1.82, 2.24) is 0 Å². The van der Waals surface area contributed by atoms with E-state index in [1.807, 2.05) is 0 Å². The van der Waals surface area contributed by atoms with Gasteiger partial charge in [-0.2, -0.15) is 0 Å². The van der Waals surface area contributed by atoms with Crippen LogP contribution in [0, 0.1) is 6.92 Å². The normalized spacial score (nSPS) is 17.5. The zero-order valence-corrected chi connectivity index (χ0v) is 13.4. The van der Waals surface area contributed by atoms with Gasteiger partial charge in [-0.15, -0.1) is 11.8 Å². The quantitative estimate of drug-likeness (QED) is 0.802. The van der Waals surface area contributed by atoms with Crippen LogP contribution in [0.15, 0.2) is 47.4 Å². The Morgan fingerprint density at radius 1 is 1.19 bits per heavy atom. The summed E-state index contributed by atoms with van der Waals surface area (Å²) in [5.74, 6) is 1.06. The number of para-hydroxylation sites is 1. The van der Waals surface area contributed by atoms with E-state index < -0.39 is 0 Å². The SMILES string of the molecule is CSc1cccc(NC2CCCOc3c(C)cccc32)c1. The summed E-state index contributed by atoms with van der Waals surface area (Å²) >= 11 is 1.77. The van der Waals surface area contributed by atoms with Gasteiger partial charge in [-0.05, 0) is 49.8 Å². The van der Waals surface area contributed by atoms with Crippen molar-refractivity contribution >= 4 is 17.4 Å². The standard InChI is InChI=1S/C18H21NOS/c1-13-6-3-9-16-17(10-5-11-20-18(13)16)19-14-7-4-8-15(12-14)21-2/h3-4,6-9,12,17,19H,5,10-11H2,1-2H3. The minimum Gasteiger partial charge on any atom is -0.493 e. The van der Waals surface area contributed by atoms with E-state index in [1.165, 1.54) is 21.7 Å². The predicted molar refractivity (Wildman–Crippen MR) is 90.5 cm³/mol. The number of anilines is 1. The monoisotopic (exact) mass is 299 g/mol. The Kier molecular flexibility index (Phi) is 4.39.